The highest BCUT2D eigenvalue weighted by atomic mass is 35.5. The fourth-order valence-electron chi connectivity index (χ4n) is 5.19. The first-order chi connectivity index (χ1) is 19.6. The number of para-hydroxylation sites is 1. The summed E-state index contributed by atoms with van der Waals surface area (Å²) in [4.78, 5) is 26.4. The minimum atomic E-state index is -0.490. The summed E-state index contributed by atoms with van der Waals surface area (Å²) in [7, 11) is 0. The molecule has 0 aliphatic heterocycles. The Morgan fingerprint density at radius 3 is 2.70 bits per heavy atom. The molecule has 0 bridgehead atoms. The smallest absolute Gasteiger partial charge is 0.251 e. The predicted octanol–water partition coefficient (Wildman–Crippen LogP) is 6.82. The van der Waals surface area contributed by atoms with E-state index in [9.17, 15) is 9.18 Å². The van der Waals surface area contributed by atoms with Crippen LogP contribution in [0.4, 0.5) is 21.6 Å². The third-order valence-electron chi connectivity index (χ3n) is 7.19. The molecular formula is C31H28ClFN6O. The summed E-state index contributed by atoms with van der Waals surface area (Å²) in [6.07, 6.45) is 6.65. The van der Waals surface area contributed by atoms with Crippen molar-refractivity contribution in [1.82, 2.24) is 20.3 Å². The molecule has 0 fully saturated rings. The Labute approximate surface area is 236 Å². The molecule has 202 valence electrons. The van der Waals surface area contributed by atoms with Crippen LogP contribution >= 0.6 is 11.6 Å². The van der Waals surface area contributed by atoms with E-state index in [-0.39, 0.29) is 10.9 Å². The quantitative estimate of drug-likeness (QED) is 0.182. The minimum absolute atomic E-state index is 0.0195. The summed E-state index contributed by atoms with van der Waals surface area (Å²) in [6, 6.07) is 17.9. The first-order valence-corrected chi connectivity index (χ1v) is 13.8. The molecule has 0 atom stereocenters. The average molecular weight is 555 g/mol. The number of benzene rings is 3. The van der Waals surface area contributed by atoms with Crippen molar-refractivity contribution in [2.24, 2.45) is 0 Å². The third kappa shape index (κ3) is 5.40. The molecule has 1 aliphatic carbocycles. The van der Waals surface area contributed by atoms with E-state index >= 15 is 0 Å². The Morgan fingerprint density at radius 2 is 1.80 bits per heavy atom. The van der Waals surface area contributed by atoms with Crippen molar-refractivity contribution in [2.75, 3.05) is 23.7 Å². The number of pyridine rings is 1. The highest BCUT2D eigenvalue weighted by Crippen LogP contribution is 2.33. The summed E-state index contributed by atoms with van der Waals surface area (Å²) in [5.74, 6) is -0.111. The third-order valence-corrected chi connectivity index (χ3v) is 7.48. The molecule has 0 spiro atoms. The first-order valence-electron chi connectivity index (χ1n) is 13.5. The van der Waals surface area contributed by atoms with Crippen LogP contribution in [0.15, 0.2) is 67.0 Å². The number of anilines is 3. The highest BCUT2D eigenvalue weighted by Gasteiger charge is 2.18. The van der Waals surface area contributed by atoms with Crippen molar-refractivity contribution in [1.29, 1.82) is 0 Å². The van der Waals surface area contributed by atoms with E-state index in [2.05, 4.69) is 44.1 Å². The van der Waals surface area contributed by atoms with Crippen molar-refractivity contribution in [3.05, 3.63) is 94.7 Å². The second kappa shape index (κ2) is 11.4. The number of halogens is 2. The van der Waals surface area contributed by atoms with Gasteiger partial charge in [-0.15, -0.1) is 0 Å². The molecule has 1 aliphatic rings. The maximum atomic E-state index is 13.5. The van der Waals surface area contributed by atoms with Crippen molar-refractivity contribution in [2.45, 2.75) is 32.1 Å². The number of rotatable bonds is 8. The van der Waals surface area contributed by atoms with E-state index < -0.39 is 5.82 Å². The van der Waals surface area contributed by atoms with Gasteiger partial charge in [-0.05, 0) is 80.1 Å². The lowest BCUT2D eigenvalue weighted by atomic mass is 9.92. The molecule has 40 heavy (non-hydrogen) atoms. The second-order valence-corrected chi connectivity index (χ2v) is 10.3. The number of amides is 1. The molecule has 0 saturated heterocycles. The van der Waals surface area contributed by atoms with Crippen LogP contribution in [-0.2, 0) is 12.8 Å². The van der Waals surface area contributed by atoms with E-state index in [4.69, 9.17) is 16.6 Å². The van der Waals surface area contributed by atoms with Gasteiger partial charge >= 0.3 is 0 Å². The lowest BCUT2D eigenvalue weighted by molar-refractivity contribution is 0.0953. The van der Waals surface area contributed by atoms with Gasteiger partial charge in [0.25, 0.3) is 5.91 Å². The zero-order valence-electron chi connectivity index (χ0n) is 21.8. The number of hydrogen-bond donors (Lipinski definition) is 3. The lowest BCUT2D eigenvalue weighted by Gasteiger charge is -2.21. The van der Waals surface area contributed by atoms with Gasteiger partial charge < -0.3 is 16.0 Å². The van der Waals surface area contributed by atoms with Crippen molar-refractivity contribution in [3.8, 4) is 0 Å². The molecule has 0 unspecified atom stereocenters. The molecule has 5 aromatic rings. The maximum absolute atomic E-state index is 13.5. The van der Waals surface area contributed by atoms with Crippen LogP contribution in [0, 0.1) is 5.82 Å². The van der Waals surface area contributed by atoms with Gasteiger partial charge in [0.15, 0.2) is 0 Å². The van der Waals surface area contributed by atoms with Crippen LogP contribution in [0.3, 0.4) is 0 Å². The summed E-state index contributed by atoms with van der Waals surface area (Å²) >= 11 is 5.90. The van der Waals surface area contributed by atoms with Crippen LogP contribution in [0.1, 0.15) is 40.9 Å². The van der Waals surface area contributed by atoms with Crippen molar-refractivity contribution in [3.63, 3.8) is 0 Å². The van der Waals surface area contributed by atoms with E-state index in [1.54, 1.807) is 24.3 Å². The first kappa shape index (κ1) is 26.0. The van der Waals surface area contributed by atoms with E-state index in [0.29, 0.717) is 29.1 Å². The number of carbonyl (C=O) groups is 1. The molecule has 3 aromatic carbocycles. The molecule has 2 aromatic heterocycles. The van der Waals surface area contributed by atoms with E-state index in [1.807, 2.05) is 6.07 Å². The Bertz CT molecular complexity index is 1730. The summed E-state index contributed by atoms with van der Waals surface area (Å²) in [6.45, 7) is 1.28. The largest absolute Gasteiger partial charge is 0.384 e. The Kier molecular flexibility index (Phi) is 7.42. The molecule has 0 saturated carbocycles. The summed E-state index contributed by atoms with van der Waals surface area (Å²) < 4.78 is 13.5. The molecular weight excluding hydrogens is 527 g/mol. The maximum Gasteiger partial charge on any atom is 0.251 e. The van der Waals surface area contributed by atoms with Crippen LogP contribution in [0.2, 0.25) is 5.02 Å². The number of nitrogens with zero attached hydrogens (tertiary/aromatic N) is 3. The molecule has 6 rings (SSSR count). The van der Waals surface area contributed by atoms with Crippen molar-refractivity contribution < 1.29 is 9.18 Å². The Morgan fingerprint density at radius 1 is 0.925 bits per heavy atom. The van der Waals surface area contributed by atoms with Crippen LogP contribution in [0.5, 0.6) is 0 Å². The van der Waals surface area contributed by atoms with Crippen molar-refractivity contribution >= 4 is 56.5 Å². The molecule has 7 nitrogen and oxygen atoms in total. The topological polar surface area (TPSA) is 91.8 Å². The number of carbonyl (C=O) groups excluding carboxylic acids is 1. The molecule has 9 heteroatoms. The lowest BCUT2D eigenvalue weighted by Crippen LogP contribution is -2.26. The van der Waals surface area contributed by atoms with Crippen LogP contribution in [0.25, 0.3) is 21.8 Å². The fraction of sp³-hybridized carbons (Fsp3) is 0.226. The van der Waals surface area contributed by atoms with Gasteiger partial charge in [-0.25, -0.2) is 14.4 Å². The van der Waals surface area contributed by atoms with Gasteiger partial charge in [-0.3, -0.25) is 9.78 Å². The number of aromatic nitrogens is 3. The van der Waals surface area contributed by atoms with Gasteiger partial charge in [0.2, 0.25) is 0 Å². The Balaban J connectivity index is 1.08. The predicted molar refractivity (Wildman–Crippen MR) is 158 cm³/mol. The van der Waals surface area contributed by atoms with Gasteiger partial charge in [0.05, 0.1) is 16.1 Å². The zero-order valence-corrected chi connectivity index (χ0v) is 22.6. The summed E-state index contributed by atoms with van der Waals surface area (Å²) in [5.41, 5.74) is 6.50. The number of aryl methyl sites for hydroxylation is 1. The van der Waals surface area contributed by atoms with Gasteiger partial charge in [0.1, 0.15) is 18.0 Å². The van der Waals surface area contributed by atoms with Crippen LogP contribution in [-0.4, -0.2) is 33.9 Å². The Hall–Kier alpha value is -4.30. The SMILES string of the molecule is O=C(NCCCNc1c2c(nc3ccccc13)CCCC2)c1ccc2c(Nc3ccc(F)c(Cl)c3)ncnc2c1. The highest BCUT2D eigenvalue weighted by molar-refractivity contribution is 6.31. The molecule has 3 N–H and O–H groups in total. The number of nitrogens with one attached hydrogen (secondary N) is 3. The van der Waals surface area contributed by atoms with Crippen LogP contribution < -0.4 is 16.0 Å². The number of hydrogen-bond acceptors (Lipinski definition) is 6. The van der Waals surface area contributed by atoms with E-state index in [0.717, 1.165) is 42.1 Å². The van der Waals surface area contributed by atoms with E-state index in [1.165, 1.54) is 48.2 Å². The molecule has 1 amide bonds. The fourth-order valence-corrected chi connectivity index (χ4v) is 5.37. The van der Waals surface area contributed by atoms with Gasteiger partial charge in [-0.2, -0.15) is 0 Å². The van der Waals surface area contributed by atoms with Gasteiger partial charge in [-0.1, -0.05) is 29.8 Å². The second-order valence-electron chi connectivity index (χ2n) is 9.88. The molecule has 0 radical (unpaired) electrons. The molecule has 2 heterocycles. The zero-order chi connectivity index (χ0) is 27.5. The normalized spacial score (nSPS) is 12.8. The average Bonchev–Trinajstić information content (AvgIpc) is 2.98. The monoisotopic (exact) mass is 554 g/mol. The minimum Gasteiger partial charge on any atom is -0.384 e. The summed E-state index contributed by atoms with van der Waals surface area (Å²) in [5, 5.41) is 11.7. The standard InChI is InChI=1S/C31H28ClFN6O/c32-24-17-20(11-13-25(24)33)38-30-23-12-10-19(16-28(23)36-18-37-30)31(40)35-15-5-14-34-29-21-6-1-3-8-26(21)39-27-9-4-2-7-22(27)29/h1,3,6,8,10-13,16-18H,2,4-5,7,9,14-15H2,(H,34,39)(H,35,40)(H,36,37,38). The number of fused-ring (bicyclic) bond motifs is 3. The van der Waals surface area contributed by atoms with Gasteiger partial charge in [0, 0.05) is 46.5 Å².